The lowest BCUT2D eigenvalue weighted by Crippen LogP contribution is -2.30. The van der Waals surface area contributed by atoms with Gasteiger partial charge in [-0.15, -0.1) is 0 Å². The van der Waals surface area contributed by atoms with E-state index in [4.69, 9.17) is 4.74 Å². The van der Waals surface area contributed by atoms with Crippen molar-refractivity contribution < 1.29 is 9.53 Å². The van der Waals surface area contributed by atoms with Crippen molar-refractivity contribution in [1.29, 1.82) is 0 Å². The third-order valence-electron chi connectivity index (χ3n) is 3.63. The molecule has 1 amide bonds. The summed E-state index contributed by atoms with van der Waals surface area (Å²) < 4.78 is 5.47. The maximum atomic E-state index is 12.0. The van der Waals surface area contributed by atoms with E-state index in [1.807, 2.05) is 31.2 Å². The van der Waals surface area contributed by atoms with Gasteiger partial charge in [0.2, 0.25) is 5.91 Å². The minimum atomic E-state index is -0.128. The largest absolute Gasteiger partial charge is 0.378 e. The normalized spacial score (nSPS) is 20.1. The van der Waals surface area contributed by atoms with Crippen molar-refractivity contribution in [2.75, 3.05) is 6.61 Å². The Morgan fingerprint density at radius 1 is 1.55 bits per heavy atom. The van der Waals surface area contributed by atoms with Crippen LogP contribution in [0.5, 0.6) is 0 Å². The number of ether oxygens (including phenoxy) is 1. The molecule has 20 heavy (non-hydrogen) atoms. The van der Waals surface area contributed by atoms with Gasteiger partial charge in [0.05, 0.1) is 29.6 Å². The first-order chi connectivity index (χ1) is 9.72. The fourth-order valence-electron chi connectivity index (χ4n) is 2.56. The second kappa shape index (κ2) is 5.63. The fourth-order valence-corrected chi connectivity index (χ4v) is 2.56. The molecule has 2 N–H and O–H groups in total. The monoisotopic (exact) mass is 273 g/mol. The predicted octanol–water partition coefficient (Wildman–Crippen LogP) is 2.31. The van der Waals surface area contributed by atoms with Crippen molar-refractivity contribution >= 4 is 16.9 Å². The molecule has 1 aromatic carbocycles. The van der Waals surface area contributed by atoms with Crippen LogP contribution in [0.25, 0.3) is 11.0 Å². The number of hydrogen-bond donors (Lipinski definition) is 2. The van der Waals surface area contributed by atoms with E-state index in [1.54, 1.807) is 0 Å². The SMILES string of the molecule is CC(NC(=O)CC1CCCO1)c1nc2ccccc2[nH]1. The first-order valence-corrected chi connectivity index (χ1v) is 7.08. The van der Waals surface area contributed by atoms with Crippen LogP contribution in [-0.4, -0.2) is 28.6 Å². The molecule has 0 saturated carbocycles. The van der Waals surface area contributed by atoms with Gasteiger partial charge in [0.1, 0.15) is 5.82 Å². The molecule has 1 aromatic heterocycles. The minimum absolute atomic E-state index is 0.0184. The summed E-state index contributed by atoms with van der Waals surface area (Å²) in [6.45, 7) is 2.71. The quantitative estimate of drug-likeness (QED) is 0.898. The second-order valence-electron chi connectivity index (χ2n) is 5.27. The number of benzene rings is 1. The molecule has 1 fully saturated rings. The molecule has 1 aliphatic heterocycles. The Morgan fingerprint density at radius 2 is 2.40 bits per heavy atom. The Morgan fingerprint density at radius 3 is 3.15 bits per heavy atom. The van der Waals surface area contributed by atoms with Crippen molar-refractivity contribution in [3.05, 3.63) is 30.1 Å². The van der Waals surface area contributed by atoms with Crippen molar-refractivity contribution in [3.8, 4) is 0 Å². The van der Waals surface area contributed by atoms with Gasteiger partial charge in [-0.2, -0.15) is 0 Å². The van der Waals surface area contributed by atoms with Crippen molar-refractivity contribution in [2.24, 2.45) is 0 Å². The number of nitrogens with one attached hydrogen (secondary N) is 2. The number of hydrogen-bond acceptors (Lipinski definition) is 3. The average Bonchev–Trinajstić information content (AvgIpc) is 3.06. The maximum Gasteiger partial charge on any atom is 0.223 e. The molecule has 1 saturated heterocycles. The highest BCUT2D eigenvalue weighted by atomic mass is 16.5. The zero-order chi connectivity index (χ0) is 13.9. The summed E-state index contributed by atoms with van der Waals surface area (Å²) in [5.41, 5.74) is 1.91. The number of carbonyl (C=O) groups is 1. The summed E-state index contributed by atoms with van der Waals surface area (Å²) in [6, 6.07) is 7.72. The number of fused-ring (bicyclic) bond motifs is 1. The summed E-state index contributed by atoms with van der Waals surface area (Å²) in [4.78, 5) is 19.7. The topological polar surface area (TPSA) is 67.0 Å². The van der Waals surface area contributed by atoms with Crippen LogP contribution in [0, 0.1) is 0 Å². The minimum Gasteiger partial charge on any atom is -0.378 e. The van der Waals surface area contributed by atoms with Crippen molar-refractivity contribution in [2.45, 2.75) is 38.3 Å². The molecule has 0 spiro atoms. The van der Waals surface area contributed by atoms with E-state index < -0.39 is 0 Å². The molecule has 1 aliphatic rings. The van der Waals surface area contributed by atoms with Crippen LogP contribution in [0.1, 0.15) is 38.1 Å². The lowest BCUT2D eigenvalue weighted by atomic mass is 10.1. The number of aromatic amines is 1. The van der Waals surface area contributed by atoms with E-state index in [9.17, 15) is 4.79 Å². The molecule has 106 valence electrons. The number of H-pyrrole nitrogens is 1. The molecule has 2 aromatic rings. The molecular weight excluding hydrogens is 254 g/mol. The summed E-state index contributed by atoms with van der Waals surface area (Å²) in [7, 11) is 0. The van der Waals surface area contributed by atoms with Crippen LogP contribution in [0.15, 0.2) is 24.3 Å². The number of para-hydroxylation sites is 2. The Labute approximate surface area is 117 Å². The van der Waals surface area contributed by atoms with Gasteiger partial charge in [-0.05, 0) is 31.9 Å². The number of nitrogens with zero attached hydrogens (tertiary/aromatic N) is 1. The first-order valence-electron chi connectivity index (χ1n) is 7.08. The molecule has 2 heterocycles. The van der Waals surface area contributed by atoms with Gasteiger partial charge in [0, 0.05) is 6.61 Å². The van der Waals surface area contributed by atoms with E-state index in [-0.39, 0.29) is 18.1 Å². The first kappa shape index (κ1) is 13.1. The van der Waals surface area contributed by atoms with Crippen LogP contribution < -0.4 is 5.32 Å². The third-order valence-corrected chi connectivity index (χ3v) is 3.63. The molecule has 2 atom stereocenters. The van der Waals surface area contributed by atoms with Gasteiger partial charge in [0.15, 0.2) is 0 Å². The van der Waals surface area contributed by atoms with Gasteiger partial charge in [-0.1, -0.05) is 12.1 Å². The maximum absolute atomic E-state index is 12.0. The Hall–Kier alpha value is -1.88. The van der Waals surface area contributed by atoms with Crippen molar-refractivity contribution in [1.82, 2.24) is 15.3 Å². The molecule has 3 rings (SSSR count). The fraction of sp³-hybridized carbons (Fsp3) is 0.467. The van der Waals surface area contributed by atoms with E-state index in [2.05, 4.69) is 15.3 Å². The molecule has 2 unspecified atom stereocenters. The summed E-state index contributed by atoms with van der Waals surface area (Å²) >= 11 is 0. The highest BCUT2D eigenvalue weighted by Gasteiger charge is 2.21. The number of imidazole rings is 1. The zero-order valence-electron chi connectivity index (χ0n) is 11.6. The van der Waals surface area contributed by atoms with Crippen LogP contribution >= 0.6 is 0 Å². The lowest BCUT2D eigenvalue weighted by molar-refractivity contribution is -0.123. The summed E-state index contributed by atoms with van der Waals surface area (Å²) in [5, 5.41) is 2.97. The summed E-state index contributed by atoms with van der Waals surface area (Å²) in [6.07, 6.45) is 2.55. The van der Waals surface area contributed by atoms with Crippen LogP contribution in [0.4, 0.5) is 0 Å². The van der Waals surface area contributed by atoms with Gasteiger partial charge in [0.25, 0.3) is 0 Å². The lowest BCUT2D eigenvalue weighted by Gasteiger charge is -2.13. The van der Waals surface area contributed by atoms with Gasteiger partial charge in [-0.25, -0.2) is 4.98 Å². The molecule has 0 radical (unpaired) electrons. The predicted molar refractivity (Wildman–Crippen MR) is 76.2 cm³/mol. The zero-order valence-corrected chi connectivity index (χ0v) is 11.6. The molecule has 0 bridgehead atoms. The number of carbonyl (C=O) groups excluding carboxylic acids is 1. The van der Waals surface area contributed by atoms with E-state index in [0.29, 0.717) is 6.42 Å². The van der Waals surface area contributed by atoms with Crippen molar-refractivity contribution in [3.63, 3.8) is 0 Å². The van der Waals surface area contributed by atoms with Gasteiger partial charge >= 0.3 is 0 Å². The molecule has 0 aliphatic carbocycles. The highest BCUT2D eigenvalue weighted by molar-refractivity contribution is 5.77. The van der Waals surface area contributed by atoms with Crippen LogP contribution in [0.3, 0.4) is 0 Å². The second-order valence-corrected chi connectivity index (χ2v) is 5.27. The van der Waals surface area contributed by atoms with E-state index in [1.165, 1.54) is 0 Å². The smallest absolute Gasteiger partial charge is 0.223 e. The standard InChI is InChI=1S/C15H19N3O2/c1-10(16-14(19)9-11-5-4-8-20-11)15-17-12-6-2-3-7-13(12)18-15/h2-3,6-7,10-11H,4-5,8-9H2,1H3,(H,16,19)(H,17,18). The van der Waals surface area contributed by atoms with Gasteiger partial charge < -0.3 is 15.0 Å². The Balaban J connectivity index is 1.62. The average molecular weight is 273 g/mol. The van der Waals surface area contributed by atoms with Crippen LogP contribution in [-0.2, 0) is 9.53 Å². The number of amides is 1. The number of rotatable bonds is 4. The van der Waals surface area contributed by atoms with Crippen LogP contribution in [0.2, 0.25) is 0 Å². The Bertz CT molecular complexity index is 569. The summed E-state index contributed by atoms with van der Waals surface area (Å²) in [5.74, 6) is 0.803. The molecule has 5 heteroatoms. The van der Waals surface area contributed by atoms with E-state index >= 15 is 0 Å². The molecule has 5 nitrogen and oxygen atoms in total. The Kier molecular flexibility index (Phi) is 3.69. The highest BCUT2D eigenvalue weighted by Crippen LogP contribution is 2.18. The number of aromatic nitrogens is 2. The van der Waals surface area contributed by atoms with E-state index in [0.717, 1.165) is 36.3 Å². The van der Waals surface area contributed by atoms with Gasteiger partial charge in [-0.3, -0.25) is 4.79 Å². The molecular formula is C15H19N3O2. The third kappa shape index (κ3) is 2.82.